The van der Waals surface area contributed by atoms with Crippen LogP contribution in [0.1, 0.15) is 17.0 Å². The van der Waals surface area contributed by atoms with E-state index < -0.39 is 15.8 Å². The van der Waals surface area contributed by atoms with E-state index >= 15 is 0 Å². The molecule has 0 aliphatic rings. The second-order valence-corrected chi connectivity index (χ2v) is 6.07. The quantitative estimate of drug-likeness (QED) is 0.900. The van der Waals surface area contributed by atoms with Gasteiger partial charge in [-0.25, -0.2) is 17.5 Å². The van der Waals surface area contributed by atoms with Crippen LogP contribution in [-0.4, -0.2) is 25.1 Å². The Morgan fingerprint density at radius 3 is 2.50 bits per heavy atom. The zero-order valence-electron chi connectivity index (χ0n) is 11.1. The lowest BCUT2D eigenvalue weighted by Crippen LogP contribution is -2.27. The molecule has 2 aromatic rings. The highest BCUT2D eigenvalue weighted by Crippen LogP contribution is 2.21. The maximum absolute atomic E-state index is 13.2. The topological polar surface area (TPSA) is 85.1 Å². The Morgan fingerprint density at radius 2 is 1.95 bits per heavy atom. The lowest BCUT2D eigenvalue weighted by molar-refractivity contribution is 0.409. The van der Waals surface area contributed by atoms with Gasteiger partial charge in [0.05, 0.1) is 4.90 Å². The molecule has 0 atom stereocenters. The number of rotatable bonds is 5. The fourth-order valence-corrected chi connectivity index (χ4v) is 3.47. The lowest BCUT2D eigenvalue weighted by Gasteiger charge is -2.11. The fourth-order valence-electron chi connectivity index (χ4n) is 1.99. The van der Waals surface area contributed by atoms with Crippen molar-refractivity contribution in [3.63, 3.8) is 0 Å². The minimum Gasteiger partial charge on any atom is -0.343 e. The summed E-state index contributed by atoms with van der Waals surface area (Å²) in [6.45, 7) is 3.26. The van der Waals surface area contributed by atoms with Gasteiger partial charge < -0.3 is 4.52 Å². The van der Waals surface area contributed by atoms with Crippen molar-refractivity contribution in [3.8, 4) is 0 Å². The maximum Gasteiger partial charge on any atom is 0.241 e. The third-order valence-corrected chi connectivity index (χ3v) is 4.51. The lowest BCUT2D eigenvalue weighted by atomic mass is 10.1. The van der Waals surface area contributed by atoms with E-state index in [1.54, 1.807) is 13.8 Å². The molecule has 20 heavy (non-hydrogen) atoms. The number of aromatic nitrogens is 2. The first-order chi connectivity index (χ1) is 9.40. The van der Waals surface area contributed by atoms with Gasteiger partial charge in [0, 0.05) is 13.0 Å². The molecule has 0 saturated carbocycles. The molecule has 0 amide bonds. The van der Waals surface area contributed by atoms with Gasteiger partial charge in [0.2, 0.25) is 16.4 Å². The molecule has 0 bridgehead atoms. The molecular formula is C12H14FN3O3S. The van der Waals surface area contributed by atoms with Crippen LogP contribution >= 0.6 is 0 Å². The first-order valence-electron chi connectivity index (χ1n) is 5.92. The van der Waals surface area contributed by atoms with Crippen molar-refractivity contribution in [2.45, 2.75) is 25.2 Å². The molecule has 8 heteroatoms. The smallest absolute Gasteiger partial charge is 0.241 e. The Kier molecular flexibility index (Phi) is 4.15. The molecule has 1 aromatic carbocycles. The predicted molar refractivity (Wildman–Crippen MR) is 69.1 cm³/mol. The molecule has 0 saturated heterocycles. The number of nitrogens with one attached hydrogen (secondary N) is 1. The summed E-state index contributed by atoms with van der Waals surface area (Å²) in [5.41, 5.74) is 0.740. The number of hydrogen-bond acceptors (Lipinski definition) is 5. The summed E-state index contributed by atoms with van der Waals surface area (Å²) in [6.07, 6.45) is 1.49. The van der Waals surface area contributed by atoms with Crippen molar-refractivity contribution in [1.82, 2.24) is 14.9 Å². The van der Waals surface area contributed by atoms with Crippen molar-refractivity contribution in [3.05, 3.63) is 41.3 Å². The van der Waals surface area contributed by atoms with E-state index in [2.05, 4.69) is 19.4 Å². The molecule has 1 aromatic heterocycles. The second-order valence-electron chi connectivity index (χ2n) is 4.36. The molecular weight excluding hydrogens is 285 g/mol. The fraction of sp³-hybridized carbons (Fsp3) is 0.333. The van der Waals surface area contributed by atoms with Crippen molar-refractivity contribution in [2.24, 2.45) is 0 Å². The Labute approximate surface area is 116 Å². The van der Waals surface area contributed by atoms with Gasteiger partial charge in [-0.1, -0.05) is 5.16 Å². The van der Waals surface area contributed by atoms with Crippen LogP contribution in [0.2, 0.25) is 0 Å². The second kappa shape index (κ2) is 5.68. The van der Waals surface area contributed by atoms with Gasteiger partial charge in [0.25, 0.3) is 0 Å². The SMILES string of the molecule is Cc1cc(F)cc(C)c1S(=O)(=O)NCCc1ncon1. The summed E-state index contributed by atoms with van der Waals surface area (Å²) >= 11 is 0. The number of halogens is 1. The molecule has 6 nitrogen and oxygen atoms in total. The van der Waals surface area contributed by atoms with Crippen LogP contribution in [0.15, 0.2) is 27.9 Å². The highest BCUT2D eigenvalue weighted by molar-refractivity contribution is 7.89. The summed E-state index contributed by atoms with van der Waals surface area (Å²) in [7, 11) is -3.69. The molecule has 0 spiro atoms. The average Bonchev–Trinajstić information content (AvgIpc) is 2.79. The van der Waals surface area contributed by atoms with Crippen molar-refractivity contribution >= 4 is 10.0 Å². The van der Waals surface area contributed by atoms with Gasteiger partial charge >= 0.3 is 0 Å². The van der Waals surface area contributed by atoms with Crippen LogP contribution in [0.4, 0.5) is 4.39 Å². The molecule has 0 radical (unpaired) electrons. The Bertz CT molecular complexity index is 676. The molecule has 0 aliphatic heterocycles. The van der Waals surface area contributed by atoms with E-state index in [0.29, 0.717) is 23.4 Å². The van der Waals surface area contributed by atoms with E-state index in [1.165, 1.54) is 18.5 Å². The minimum atomic E-state index is -3.69. The van der Waals surface area contributed by atoms with E-state index in [9.17, 15) is 12.8 Å². The normalized spacial score (nSPS) is 11.8. The van der Waals surface area contributed by atoms with Crippen LogP contribution in [0.25, 0.3) is 0 Å². The summed E-state index contributed by atoms with van der Waals surface area (Å²) in [6, 6.07) is 2.39. The van der Waals surface area contributed by atoms with Crippen molar-refractivity contribution in [1.29, 1.82) is 0 Å². The molecule has 108 valence electrons. The predicted octanol–water partition coefficient (Wildman–Crippen LogP) is 1.35. The van der Waals surface area contributed by atoms with E-state index in [0.717, 1.165) is 0 Å². The van der Waals surface area contributed by atoms with E-state index in [4.69, 9.17) is 0 Å². The monoisotopic (exact) mass is 299 g/mol. The number of benzene rings is 1. The minimum absolute atomic E-state index is 0.104. The van der Waals surface area contributed by atoms with Crippen LogP contribution in [0.5, 0.6) is 0 Å². The third kappa shape index (κ3) is 3.20. The number of nitrogens with zero attached hydrogens (tertiary/aromatic N) is 2. The Hall–Kier alpha value is -1.80. The Balaban J connectivity index is 2.14. The molecule has 2 rings (SSSR count). The highest BCUT2D eigenvalue weighted by Gasteiger charge is 2.20. The average molecular weight is 299 g/mol. The number of sulfonamides is 1. The van der Waals surface area contributed by atoms with Crippen LogP contribution in [0.3, 0.4) is 0 Å². The standard InChI is InChI=1S/C12H14FN3O3S/c1-8-5-10(13)6-9(2)12(8)20(17,18)15-4-3-11-14-7-19-16-11/h5-7,15H,3-4H2,1-2H3. The molecule has 0 fully saturated rings. The summed E-state index contributed by atoms with van der Waals surface area (Å²) in [5, 5.41) is 3.58. The summed E-state index contributed by atoms with van der Waals surface area (Å²) in [4.78, 5) is 3.90. The zero-order chi connectivity index (χ0) is 14.8. The highest BCUT2D eigenvalue weighted by atomic mass is 32.2. The molecule has 1 heterocycles. The molecule has 1 N–H and O–H groups in total. The number of aryl methyl sites for hydroxylation is 2. The first kappa shape index (κ1) is 14.6. The van der Waals surface area contributed by atoms with E-state index in [-0.39, 0.29) is 11.4 Å². The van der Waals surface area contributed by atoms with Crippen LogP contribution < -0.4 is 4.72 Å². The molecule has 0 unspecified atom stereocenters. The van der Waals surface area contributed by atoms with Crippen LogP contribution in [-0.2, 0) is 16.4 Å². The van der Waals surface area contributed by atoms with Gasteiger partial charge in [-0.15, -0.1) is 0 Å². The van der Waals surface area contributed by atoms with Gasteiger partial charge in [0.1, 0.15) is 5.82 Å². The first-order valence-corrected chi connectivity index (χ1v) is 7.40. The van der Waals surface area contributed by atoms with Gasteiger partial charge in [-0.2, -0.15) is 4.98 Å². The largest absolute Gasteiger partial charge is 0.343 e. The van der Waals surface area contributed by atoms with E-state index in [1.807, 2.05) is 0 Å². The van der Waals surface area contributed by atoms with Gasteiger partial charge in [-0.05, 0) is 37.1 Å². The third-order valence-electron chi connectivity index (χ3n) is 2.74. The van der Waals surface area contributed by atoms with Crippen molar-refractivity contribution in [2.75, 3.05) is 6.54 Å². The Morgan fingerprint density at radius 1 is 1.30 bits per heavy atom. The van der Waals surface area contributed by atoms with Crippen LogP contribution in [0, 0.1) is 19.7 Å². The summed E-state index contributed by atoms with van der Waals surface area (Å²) < 4.78 is 44.6. The number of hydrogen-bond donors (Lipinski definition) is 1. The van der Waals surface area contributed by atoms with Crippen molar-refractivity contribution < 1.29 is 17.3 Å². The zero-order valence-corrected chi connectivity index (χ0v) is 11.9. The van der Waals surface area contributed by atoms with Gasteiger partial charge in [-0.3, -0.25) is 0 Å². The van der Waals surface area contributed by atoms with Gasteiger partial charge in [0.15, 0.2) is 5.82 Å². The summed E-state index contributed by atoms with van der Waals surface area (Å²) in [5.74, 6) is -0.0361. The maximum atomic E-state index is 13.2. The molecule has 0 aliphatic carbocycles.